The van der Waals surface area contributed by atoms with Crippen molar-refractivity contribution in [3.05, 3.63) is 59.2 Å². The van der Waals surface area contributed by atoms with Gasteiger partial charge in [0.15, 0.2) is 0 Å². The first-order valence-electron chi connectivity index (χ1n) is 8.98. The monoisotopic (exact) mass is 336 g/mol. The Bertz CT molecular complexity index is 794. The molecule has 2 aromatic carbocycles. The van der Waals surface area contributed by atoms with Crippen molar-refractivity contribution in [1.29, 1.82) is 0 Å². The Hall–Kier alpha value is -2.17. The molecule has 1 fully saturated rings. The molecule has 1 N–H and O–H groups in total. The molecule has 0 atom stereocenters. The number of carbonyl (C=O) groups is 1. The van der Waals surface area contributed by atoms with Gasteiger partial charge in [-0.2, -0.15) is 0 Å². The summed E-state index contributed by atoms with van der Waals surface area (Å²) in [5.74, 6) is 0.114. The zero-order chi connectivity index (χ0) is 17.4. The highest BCUT2D eigenvalue weighted by atomic mass is 16.3. The third kappa shape index (κ3) is 3.32. The molecule has 0 spiro atoms. The van der Waals surface area contributed by atoms with Crippen molar-refractivity contribution in [3.8, 4) is 11.1 Å². The highest BCUT2D eigenvalue weighted by Crippen LogP contribution is 2.28. The second kappa shape index (κ2) is 6.62. The van der Waals surface area contributed by atoms with Crippen LogP contribution in [0.25, 0.3) is 11.1 Å². The van der Waals surface area contributed by atoms with Gasteiger partial charge in [0, 0.05) is 38.8 Å². The van der Waals surface area contributed by atoms with E-state index in [1.165, 1.54) is 11.1 Å². The van der Waals surface area contributed by atoms with Gasteiger partial charge in [0.2, 0.25) is 0 Å². The zero-order valence-electron chi connectivity index (χ0n) is 14.6. The molecule has 2 aliphatic rings. The van der Waals surface area contributed by atoms with E-state index in [9.17, 15) is 9.90 Å². The maximum absolute atomic E-state index is 12.0. The van der Waals surface area contributed by atoms with Crippen LogP contribution in [0.4, 0.5) is 0 Å². The molecule has 0 unspecified atom stereocenters. The van der Waals surface area contributed by atoms with Crippen LogP contribution < -0.4 is 0 Å². The van der Waals surface area contributed by atoms with E-state index in [0.717, 1.165) is 49.2 Å². The first-order valence-corrected chi connectivity index (χ1v) is 8.98. The largest absolute Gasteiger partial charge is 0.393 e. The lowest BCUT2D eigenvalue weighted by atomic mass is 9.98. The van der Waals surface area contributed by atoms with Crippen LogP contribution in [-0.2, 0) is 13.1 Å². The molecule has 0 saturated carbocycles. The number of benzene rings is 2. The lowest BCUT2D eigenvalue weighted by Gasteiger charge is -2.29. The van der Waals surface area contributed by atoms with Gasteiger partial charge in [-0.1, -0.05) is 24.3 Å². The van der Waals surface area contributed by atoms with Crippen LogP contribution in [0.5, 0.6) is 0 Å². The number of hydrogen-bond acceptors (Lipinski definition) is 3. The number of amides is 1. The van der Waals surface area contributed by atoms with Gasteiger partial charge in [-0.3, -0.25) is 9.69 Å². The van der Waals surface area contributed by atoms with Crippen molar-refractivity contribution in [2.24, 2.45) is 0 Å². The Kier molecular flexibility index (Phi) is 4.32. The van der Waals surface area contributed by atoms with Crippen LogP contribution in [0.15, 0.2) is 42.5 Å². The number of aliphatic hydroxyl groups is 1. The number of nitrogens with zero attached hydrogens (tertiary/aromatic N) is 2. The summed E-state index contributed by atoms with van der Waals surface area (Å²) < 4.78 is 0. The van der Waals surface area contributed by atoms with Gasteiger partial charge in [0.25, 0.3) is 5.91 Å². The molecule has 2 heterocycles. The molecule has 130 valence electrons. The minimum absolute atomic E-state index is 0.114. The third-order valence-corrected chi connectivity index (χ3v) is 5.31. The third-order valence-electron chi connectivity index (χ3n) is 5.31. The maximum atomic E-state index is 12.0. The predicted octanol–water partition coefficient (Wildman–Crippen LogP) is 2.90. The molecular weight excluding hydrogens is 312 g/mol. The molecule has 0 aliphatic carbocycles. The Morgan fingerprint density at radius 3 is 2.64 bits per heavy atom. The van der Waals surface area contributed by atoms with E-state index < -0.39 is 0 Å². The molecular formula is C21H24N2O2. The van der Waals surface area contributed by atoms with E-state index in [0.29, 0.717) is 6.54 Å². The van der Waals surface area contributed by atoms with Gasteiger partial charge in [-0.25, -0.2) is 0 Å². The normalized spacial score (nSPS) is 18.6. The summed E-state index contributed by atoms with van der Waals surface area (Å²) in [6.45, 7) is 3.53. The standard InChI is InChI=1S/C21H24N2O2/c1-22-14-18-12-17(5-6-20(18)21(22)25)16-4-2-3-15(11-16)13-23-9-7-19(24)8-10-23/h2-6,11-12,19,24H,7-10,13-14H2,1H3. The molecule has 4 rings (SSSR count). The lowest BCUT2D eigenvalue weighted by Crippen LogP contribution is -2.35. The summed E-state index contributed by atoms with van der Waals surface area (Å²) in [5, 5.41) is 9.65. The van der Waals surface area contributed by atoms with Crippen molar-refractivity contribution in [2.75, 3.05) is 20.1 Å². The van der Waals surface area contributed by atoms with Crippen LogP contribution in [0.2, 0.25) is 0 Å². The smallest absolute Gasteiger partial charge is 0.254 e. The fourth-order valence-electron chi connectivity index (χ4n) is 3.83. The molecule has 0 bridgehead atoms. The summed E-state index contributed by atoms with van der Waals surface area (Å²) in [6.07, 6.45) is 1.60. The Balaban J connectivity index is 1.54. The van der Waals surface area contributed by atoms with E-state index in [-0.39, 0.29) is 12.0 Å². The quantitative estimate of drug-likeness (QED) is 0.937. The van der Waals surface area contributed by atoms with E-state index >= 15 is 0 Å². The lowest BCUT2D eigenvalue weighted by molar-refractivity contribution is 0.0792. The number of carbonyl (C=O) groups excluding carboxylic acids is 1. The highest BCUT2D eigenvalue weighted by Gasteiger charge is 2.24. The van der Waals surface area contributed by atoms with Gasteiger partial charge >= 0.3 is 0 Å². The van der Waals surface area contributed by atoms with Gasteiger partial charge in [0.1, 0.15) is 0 Å². The second-order valence-electron chi connectivity index (χ2n) is 7.24. The number of hydrogen-bond donors (Lipinski definition) is 1. The van der Waals surface area contributed by atoms with E-state index in [2.05, 4.69) is 35.2 Å². The second-order valence-corrected chi connectivity index (χ2v) is 7.24. The van der Waals surface area contributed by atoms with Crippen molar-refractivity contribution in [3.63, 3.8) is 0 Å². The number of piperidine rings is 1. The maximum Gasteiger partial charge on any atom is 0.254 e. The van der Waals surface area contributed by atoms with Crippen LogP contribution in [0.3, 0.4) is 0 Å². The van der Waals surface area contributed by atoms with Gasteiger partial charge < -0.3 is 10.0 Å². The molecule has 4 nitrogen and oxygen atoms in total. The minimum Gasteiger partial charge on any atom is -0.393 e. The summed E-state index contributed by atoms with van der Waals surface area (Å²) in [5.41, 5.74) is 5.59. The zero-order valence-corrected chi connectivity index (χ0v) is 14.6. The van der Waals surface area contributed by atoms with E-state index in [1.54, 1.807) is 4.90 Å². The Morgan fingerprint density at radius 1 is 1.08 bits per heavy atom. The molecule has 4 heteroatoms. The summed E-state index contributed by atoms with van der Waals surface area (Å²) in [6, 6.07) is 14.8. The molecule has 1 saturated heterocycles. The fraction of sp³-hybridized carbons (Fsp3) is 0.381. The summed E-state index contributed by atoms with van der Waals surface area (Å²) >= 11 is 0. The van der Waals surface area contributed by atoms with Gasteiger partial charge in [-0.05, 0) is 53.3 Å². The first-order chi connectivity index (χ1) is 12.1. The Morgan fingerprint density at radius 2 is 1.84 bits per heavy atom. The first kappa shape index (κ1) is 16.3. The number of likely N-dealkylation sites (tertiary alicyclic amines) is 1. The summed E-state index contributed by atoms with van der Waals surface area (Å²) in [7, 11) is 1.85. The number of aliphatic hydroxyl groups excluding tert-OH is 1. The van der Waals surface area contributed by atoms with Crippen molar-refractivity contribution < 1.29 is 9.90 Å². The predicted molar refractivity (Wildman–Crippen MR) is 98.2 cm³/mol. The molecule has 2 aliphatic heterocycles. The average Bonchev–Trinajstić information content (AvgIpc) is 2.91. The number of rotatable bonds is 3. The van der Waals surface area contributed by atoms with Crippen molar-refractivity contribution in [2.45, 2.75) is 32.0 Å². The molecule has 0 radical (unpaired) electrons. The van der Waals surface area contributed by atoms with Crippen molar-refractivity contribution >= 4 is 5.91 Å². The van der Waals surface area contributed by atoms with E-state index in [1.807, 2.05) is 19.2 Å². The SMILES string of the molecule is CN1Cc2cc(-c3cccc(CN4CCC(O)CC4)c3)ccc2C1=O. The fourth-order valence-corrected chi connectivity index (χ4v) is 3.83. The summed E-state index contributed by atoms with van der Waals surface area (Å²) in [4.78, 5) is 16.2. The van der Waals surface area contributed by atoms with Crippen molar-refractivity contribution in [1.82, 2.24) is 9.80 Å². The number of fused-ring (bicyclic) bond motifs is 1. The minimum atomic E-state index is -0.130. The molecule has 0 aromatic heterocycles. The van der Waals surface area contributed by atoms with Crippen LogP contribution in [0, 0.1) is 0 Å². The molecule has 1 amide bonds. The molecule has 25 heavy (non-hydrogen) atoms. The van der Waals surface area contributed by atoms with Crippen LogP contribution in [-0.4, -0.2) is 47.1 Å². The van der Waals surface area contributed by atoms with Crippen LogP contribution >= 0.6 is 0 Å². The Labute approximate surface area is 148 Å². The average molecular weight is 336 g/mol. The molecule has 2 aromatic rings. The van der Waals surface area contributed by atoms with Crippen LogP contribution in [0.1, 0.15) is 34.3 Å². The van der Waals surface area contributed by atoms with E-state index in [4.69, 9.17) is 0 Å². The van der Waals surface area contributed by atoms with Gasteiger partial charge in [0.05, 0.1) is 6.10 Å². The topological polar surface area (TPSA) is 43.8 Å². The highest BCUT2D eigenvalue weighted by molar-refractivity contribution is 5.98. The van der Waals surface area contributed by atoms with Gasteiger partial charge in [-0.15, -0.1) is 0 Å².